The molecule has 0 aliphatic carbocycles. The van der Waals surface area contributed by atoms with E-state index in [1.54, 1.807) is 24.5 Å². The molecule has 0 aliphatic heterocycles. The van der Waals surface area contributed by atoms with E-state index in [0.29, 0.717) is 11.4 Å². The molecule has 0 bridgehead atoms. The van der Waals surface area contributed by atoms with Crippen molar-refractivity contribution in [2.75, 3.05) is 5.32 Å². The van der Waals surface area contributed by atoms with Crippen LogP contribution in [-0.4, -0.2) is 15.9 Å². The highest BCUT2D eigenvalue weighted by atomic mass is 79.9. The number of hydrogen-bond donors (Lipinski definition) is 1. The van der Waals surface area contributed by atoms with Crippen molar-refractivity contribution in [2.24, 2.45) is 0 Å². The summed E-state index contributed by atoms with van der Waals surface area (Å²) in [4.78, 5) is 20.1. The number of nitrogens with zero attached hydrogens (tertiary/aromatic N) is 2. The van der Waals surface area contributed by atoms with Crippen LogP contribution in [0.2, 0.25) is 0 Å². The maximum atomic E-state index is 11.9. The summed E-state index contributed by atoms with van der Waals surface area (Å²) >= 11 is 3.36. The summed E-state index contributed by atoms with van der Waals surface area (Å²) in [6.07, 6.45) is 3.22. The lowest BCUT2D eigenvalue weighted by Crippen LogP contribution is -2.13. The van der Waals surface area contributed by atoms with Gasteiger partial charge in [-0.25, -0.2) is 4.98 Å². The zero-order chi connectivity index (χ0) is 13.1. The second kappa shape index (κ2) is 5.27. The summed E-state index contributed by atoms with van der Waals surface area (Å²) in [5, 5.41) is 2.73. The number of rotatable bonds is 2. The van der Waals surface area contributed by atoms with Gasteiger partial charge in [0.05, 0.1) is 5.56 Å². The highest BCUT2D eigenvalue weighted by Crippen LogP contribution is 2.17. The van der Waals surface area contributed by atoms with Gasteiger partial charge in [0.25, 0.3) is 5.91 Å². The van der Waals surface area contributed by atoms with Crippen molar-refractivity contribution in [1.82, 2.24) is 9.97 Å². The number of pyridine rings is 2. The Kier molecular flexibility index (Phi) is 3.72. The first kappa shape index (κ1) is 12.7. The maximum Gasteiger partial charge on any atom is 0.258 e. The molecule has 0 aromatic carbocycles. The van der Waals surface area contributed by atoms with Crippen LogP contribution in [0.5, 0.6) is 0 Å². The first-order valence-corrected chi connectivity index (χ1v) is 6.22. The Hall–Kier alpha value is -1.75. The van der Waals surface area contributed by atoms with Gasteiger partial charge in [0.1, 0.15) is 5.82 Å². The lowest BCUT2D eigenvalue weighted by atomic mass is 10.2. The highest BCUT2D eigenvalue weighted by molar-refractivity contribution is 9.10. The molecule has 18 heavy (non-hydrogen) atoms. The third-order valence-electron chi connectivity index (χ3n) is 2.46. The van der Waals surface area contributed by atoms with E-state index < -0.39 is 0 Å². The normalized spacial score (nSPS) is 10.2. The molecule has 0 fully saturated rings. The molecule has 0 aliphatic rings. The van der Waals surface area contributed by atoms with Gasteiger partial charge in [-0.2, -0.15) is 0 Å². The Morgan fingerprint density at radius 2 is 2.00 bits per heavy atom. The third kappa shape index (κ3) is 2.92. The number of halogens is 1. The van der Waals surface area contributed by atoms with E-state index in [-0.39, 0.29) is 5.91 Å². The largest absolute Gasteiger partial charge is 0.307 e. The fourth-order valence-electron chi connectivity index (χ4n) is 1.40. The lowest BCUT2D eigenvalue weighted by molar-refractivity contribution is 0.102. The van der Waals surface area contributed by atoms with Crippen LogP contribution in [-0.2, 0) is 0 Å². The summed E-state index contributed by atoms with van der Waals surface area (Å²) in [6, 6.07) is 5.35. The topological polar surface area (TPSA) is 54.9 Å². The number of carbonyl (C=O) groups is 1. The van der Waals surface area contributed by atoms with Gasteiger partial charge in [-0.15, -0.1) is 0 Å². The second-order valence-electron chi connectivity index (χ2n) is 3.96. The van der Waals surface area contributed by atoms with Crippen molar-refractivity contribution in [1.29, 1.82) is 0 Å². The predicted molar refractivity (Wildman–Crippen MR) is 73.6 cm³/mol. The number of amides is 1. The van der Waals surface area contributed by atoms with Crippen molar-refractivity contribution in [3.63, 3.8) is 0 Å². The van der Waals surface area contributed by atoms with E-state index in [9.17, 15) is 4.79 Å². The standard InChI is InChI=1S/C13H12BrN3O/c1-8-5-12(16-7-11(8)14)17-13(18)10-4-3-9(2)15-6-10/h3-7H,1-2H3,(H,16,17,18). The quantitative estimate of drug-likeness (QED) is 0.927. The summed E-state index contributed by atoms with van der Waals surface area (Å²) in [6.45, 7) is 3.82. The molecule has 0 saturated carbocycles. The van der Waals surface area contributed by atoms with Crippen LogP contribution in [0.4, 0.5) is 5.82 Å². The molecule has 2 rings (SSSR count). The Bertz CT molecular complexity index is 581. The number of aryl methyl sites for hydroxylation is 2. The molecular formula is C13H12BrN3O. The number of carbonyl (C=O) groups excluding carboxylic acids is 1. The van der Waals surface area contributed by atoms with Crippen molar-refractivity contribution in [2.45, 2.75) is 13.8 Å². The van der Waals surface area contributed by atoms with E-state index in [2.05, 4.69) is 31.2 Å². The van der Waals surface area contributed by atoms with Crippen LogP contribution in [0, 0.1) is 13.8 Å². The minimum absolute atomic E-state index is 0.211. The summed E-state index contributed by atoms with van der Waals surface area (Å²) in [5.74, 6) is 0.318. The number of hydrogen-bond acceptors (Lipinski definition) is 3. The minimum atomic E-state index is -0.211. The highest BCUT2D eigenvalue weighted by Gasteiger charge is 2.07. The van der Waals surface area contributed by atoms with E-state index in [1.165, 1.54) is 0 Å². The Morgan fingerprint density at radius 1 is 1.22 bits per heavy atom. The molecule has 0 radical (unpaired) electrons. The molecule has 2 aromatic rings. The van der Waals surface area contributed by atoms with Gasteiger partial charge >= 0.3 is 0 Å². The molecule has 4 nitrogen and oxygen atoms in total. The molecule has 0 saturated heterocycles. The molecule has 1 amide bonds. The molecule has 1 N–H and O–H groups in total. The van der Waals surface area contributed by atoms with Crippen LogP contribution in [0.15, 0.2) is 35.1 Å². The smallest absolute Gasteiger partial charge is 0.258 e. The van der Waals surface area contributed by atoms with Crippen molar-refractivity contribution in [3.05, 3.63) is 51.9 Å². The Morgan fingerprint density at radius 3 is 2.61 bits per heavy atom. The first-order valence-electron chi connectivity index (χ1n) is 5.42. The second-order valence-corrected chi connectivity index (χ2v) is 4.82. The van der Waals surface area contributed by atoms with Crippen molar-refractivity contribution >= 4 is 27.7 Å². The van der Waals surface area contributed by atoms with E-state index in [1.807, 2.05) is 19.9 Å². The van der Waals surface area contributed by atoms with Gasteiger partial charge in [0, 0.05) is 22.6 Å². The molecule has 0 unspecified atom stereocenters. The van der Waals surface area contributed by atoms with Crippen molar-refractivity contribution in [3.8, 4) is 0 Å². The lowest BCUT2D eigenvalue weighted by Gasteiger charge is -2.06. The predicted octanol–water partition coefficient (Wildman–Crippen LogP) is 3.11. The fourth-order valence-corrected chi connectivity index (χ4v) is 1.62. The maximum absolute atomic E-state index is 11.9. The van der Waals surface area contributed by atoms with Crippen LogP contribution in [0.3, 0.4) is 0 Å². The SMILES string of the molecule is Cc1ccc(C(=O)Nc2cc(C)c(Br)cn2)cn1. The molecular weight excluding hydrogens is 294 g/mol. The van der Waals surface area contributed by atoms with Gasteiger partial charge < -0.3 is 5.32 Å². The molecule has 2 heterocycles. The van der Waals surface area contributed by atoms with Gasteiger partial charge in [-0.1, -0.05) is 0 Å². The minimum Gasteiger partial charge on any atom is -0.307 e. The number of anilines is 1. The first-order chi connectivity index (χ1) is 8.56. The molecule has 2 aromatic heterocycles. The van der Waals surface area contributed by atoms with E-state index >= 15 is 0 Å². The Labute approximate surface area is 114 Å². The molecule has 5 heteroatoms. The summed E-state index contributed by atoms with van der Waals surface area (Å²) in [7, 11) is 0. The fraction of sp³-hybridized carbons (Fsp3) is 0.154. The average molecular weight is 306 g/mol. The Balaban J connectivity index is 2.16. The molecule has 0 atom stereocenters. The summed E-state index contributed by atoms with van der Waals surface area (Å²) in [5.41, 5.74) is 2.41. The zero-order valence-electron chi connectivity index (χ0n) is 10.1. The number of nitrogens with one attached hydrogen (secondary N) is 1. The van der Waals surface area contributed by atoms with E-state index in [4.69, 9.17) is 0 Å². The third-order valence-corrected chi connectivity index (χ3v) is 3.29. The zero-order valence-corrected chi connectivity index (χ0v) is 11.7. The molecule has 0 spiro atoms. The van der Waals surface area contributed by atoms with Gasteiger partial charge in [0.2, 0.25) is 0 Å². The number of aromatic nitrogens is 2. The van der Waals surface area contributed by atoms with Crippen LogP contribution >= 0.6 is 15.9 Å². The van der Waals surface area contributed by atoms with E-state index in [0.717, 1.165) is 15.7 Å². The van der Waals surface area contributed by atoms with Crippen molar-refractivity contribution < 1.29 is 4.79 Å². The molecule has 92 valence electrons. The average Bonchev–Trinajstić information content (AvgIpc) is 2.34. The van der Waals surface area contributed by atoms with Gasteiger partial charge in [0.15, 0.2) is 0 Å². The van der Waals surface area contributed by atoms with Gasteiger partial charge in [-0.05, 0) is 53.5 Å². The van der Waals surface area contributed by atoms with Gasteiger partial charge in [-0.3, -0.25) is 9.78 Å². The van der Waals surface area contributed by atoms with Crippen LogP contribution < -0.4 is 5.32 Å². The van der Waals surface area contributed by atoms with Crippen LogP contribution in [0.1, 0.15) is 21.6 Å². The summed E-state index contributed by atoms with van der Waals surface area (Å²) < 4.78 is 0.914. The van der Waals surface area contributed by atoms with Crippen LogP contribution in [0.25, 0.3) is 0 Å². The monoisotopic (exact) mass is 305 g/mol.